The Morgan fingerprint density at radius 2 is 1.82 bits per heavy atom. The fraction of sp³-hybridized carbons (Fsp3) is 0.444. The number of piperidine rings is 1. The van der Waals surface area contributed by atoms with Crippen molar-refractivity contribution in [3.8, 4) is 5.75 Å². The number of anilines is 1. The number of fused-ring (bicyclic) bond motifs is 1. The van der Waals surface area contributed by atoms with Crippen molar-refractivity contribution in [2.24, 2.45) is 0 Å². The van der Waals surface area contributed by atoms with E-state index in [1.165, 1.54) is 19.3 Å². The van der Waals surface area contributed by atoms with Crippen LogP contribution in [0.5, 0.6) is 5.75 Å². The molecule has 2 aromatic carbocycles. The third-order valence-corrected chi connectivity index (χ3v) is 6.34. The highest BCUT2D eigenvalue weighted by Crippen LogP contribution is 2.32. The Bertz CT molecular complexity index is 1130. The Labute approximate surface area is 198 Å². The highest BCUT2D eigenvalue weighted by Gasteiger charge is 2.24. The van der Waals surface area contributed by atoms with E-state index in [0.717, 1.165) is 44.6 Å². The van der Waals surface area contributed by atoms with Gasteiger partial charge in [-0.25, -0.2) is 8.78 Å². The van der Waals surface area contributed by atoms with Gasteiger partial charge in [0, 0.05) is 29.6 Å². The zero-order chi connectivity index (χ0) is 24.1. The molecule has 0 aliphatic carbocycles. The molecular weight excluding hydrogens is 438 g/mol. The first-order chi connectivity index (χ1) is 16.5. The van der Waals surface area contributed by atoms with Crippen LogP contribution in [-0.4, -0.2) is 36.9 Å². The molecule has 1 aliphatic rings. The fourth-order valence-electron chi connectivity index (χ4n) is 4.55. The molecule has 1 saturated heterocycles. The standard InChI is InChI=1S/C27H32F2N2O3/c1-2-3-8-24-25(20-17-19(30)9-10-23(20)34-24)26(32)18-15-21(28)27(22(29)16-18)33-14-7-13-31-11-5-4-6-12-31/h9-10,15-17H,2-8,11-14,30H2,1H3. The maximum atomic E-state index is 14.8. The van der Waals surface area contributed by atoms with Crippen molar-refractivity contribution in [1.82, 2.24) is 4.90 Å². The summed E-state index contributed by atoms with van der Waals surface area (Å²) in [5.41, 5.74) is 7.16. The number of ether oxygens (including phenoxy) is 1. The van der Waals surface area contributed by atoms with Crippen molar-refractivity contribution in [2.75, 3.05) is 32.0 Å². The molecule has 0 spiro atoms. The van der Waals surface area contributed by atoms with Gasteiger partial charge in [0.15, 0.2) is 23.2 Å². The van der Waals surface area contributed by atoms with Crippen LogP contribution in [0, 0.1) is 11.6 Å². The van der Waals surface area contributed by atoms with Gasteiger partial charge >= 0.3 is 0 Å². The number of furan rings is 1. The maximum Gasteiger partial charge on any atom is 0.197 e. The van der Waals surface area contributed by atoms with Gasteiger partial charge in [0.05, 0.1) is 12.2 Å². The molecule has 34 heavy (non-hydrogen) atoms. The van der Waals surface area contributed by atoms with Gasteiger partial charge in [0.25, 0.3) is 0 Å². The number of aryl methyl sites for hydroxylation is 1. The number of nitrogens with zero attached hydrogens (tertiary/aromatic N) is 1. The van der Waals surface area contributed by atoms with E-state index < -0.39 is 23.2 Å². The van der Waals surface area contributed by atoms with Gasteiger partial charge in [-0.15, -0.1) is 0 Å². The monoisotopic (exact) mass is 470 g/mol. The van der Waals surface area contributed by atoms with E-state index in [1.807, 2.05) is 6.92 Å². The number of carbonyl (C=O) groups excluding carboxylic acids is 1. The Morgan fingerprint density at radius 1 is 1.09 bits per heavy atom. The quantitative estimate of drug-likeness (QED) is 0.220. The van der Waals surface area contributed by atoms with E-state index >= 15 is 0 Å². The molecule has 3 aromatic rings. The van der Waals surface area contributed by atoms with Crippen LogP contribution in [-0.2, 0) is 6.42 Å². The molecule has 1 aromatic heterocycles. The molecule has 1 fully saturated rings. The molecule has 1 aliphatic heterocycles. The van der Waals surface area contributed by atoms with E-state index in [0.29, 0.717) is 40.8 Å². The lowest BCUT2D eigenvalue weighted by Crippen LogP contribution is -2.31. The van der Waals surface area contributed by atoms with E-state index in [4.69, 9.17) is 14.9 Å². The minimum atomic E-state index is -0.885. The number of likely N-dealkylation sites (tertiary alicyclic amines) is 1. The highest BCUT2D eigenvalue weighted by atomic mass is 19.1. The number of nitrogen functional groups attached to an aromatic ring is 1. The molecule has 2 N–H and O–H groups in total. The summed E-state index contributed by atoms with van der Waals surface area (Å²) in [6, 6.07) is 7.15. The molecule has 0 saturated carbocycles. The first kappa shape index (κ1) is 24.2. The zero-order valence-corrected chi connectivity index (χ0v) is 19.7. The molecule has 7 heteroatoms. The van der Waals surface area contributed by atoms with E-state index in [2.05, 4.69) is 4.90 Å². The lowest BCUT2D eigenvalue weighted by molar-refractivity contribution is 0.103. The van der Waals surface area contributed by atoms with Gasteiger partial charge in [-0.05, 0) is 69.1 Å². The predicted octanol–water partition coefficient (Wildman–Crippen LogP) is 6.12. The van der Waals surface area contributed by atoms with Crippen LogP contribution >= 0.6 is 0 Å². The zero-order valence-electron chi connectivity index (χ0n) is 19.7. The molecule has 2 heterocycles. The number of rotatable bonds is 10. The van der Waals surface area contributed by atoms with Crippen molar-refractivity contribution in [2.45, 2.75) is 51.9 Å². The number of carbonyl (C=O) groups is 1. The SMILES string of the molecule is CCCCc1oc2ccc(N)cc2c1C(=O)c1cc(F)c(OCCCN2CCCCC2)c(F)c1. The fourth-order valence-corrected chi connectivity index (χ4v) is 4.55. The predicted molar refractivity (Wildman–Crippen MR) is 129 cm³/mol. The van der Waals surface area contributed by atoms with Crippen molar-refractivity contribution < 1.29 is 22.7 Å². The maximum absolute atomic E-state index is 14.8. The summed E-state index contributed by atoms with van der Waals surface area (Å²) in [6.45, 7) is 5.22. The van der Waals surface area contributed by atoms with Gasteiger partial charge in [-0.3, -0.25) is 4.79 Å². The average Bonchev–Trinajstić information content (AvgIpc) is 3.19. The molecular formula is C27H32F2N2O3. The van der Waals surface area contributed by atoms with Crippen LogP contribution in [0.3, 0.4) is 0 Å². The summed E-state index contributed by atoms with van der Waals surface area (Å²) in [4.78, 5) is 15.7. The number of nitrogens with two attached hydrogens (primary N) is 1. The van der Waals surface area contributed by atoms with Gasteiger partial charge in [-0.1, -0.05) is 19.8 Å². The lowest BCUT2D eigenvalue weighted by atomic mass is 9.97. The topological polar surface area (TPSA) is 68.7 Å². The second-order valence-electron chi connectivity index (χ2n) is 8.96. The van der Waals surface area contributed by atoms with E-state index in [-0.39, 0.29) is 12.2 Å². The Morgan fingerprint density at radius 3 is 2.53 bits per heavy atom. The van der Waals surface area contributed by atoms with E-state index in [9.17, 15) is 13.6 Å². The van der Waals surface area contributed by atoms with Crippen molar-refractivity contribution in [3.63, 3.8) is 0 Å². The summed E-state index contributed by atoms with van der Waals surface area (Å²) >= 11 is 0. The third-order valence-electron chi connectivity index (χ3n) is 6.34. The number of hydrogen-bond donors (Lipinski definition) is 1. The van der Waals surface area contributed by atoms with Crippen LogP contribution < -0.4 is 10.5 Å². The van der Waals surface area contributed by atoms with Crippen LogP contribution in [0.2, 0.25) is 0 Å². The van der Waals surface area contributed by atoms with Gasteiger partial charge in [0.2, 0.25) is 0 Å². The summed E-state index contributed by atoms with van der Waals surface area (Å²) < 4.78 is 40.9. The van der Waals surface area contributed by atoms with Crippen molar-refractivity contribution >= 4 is 22.4 Å². The molecule has 0 atom stereocenters. The number of halogens is 2. The van der Waals surface area contributed by atoms with Crippen molar-refractivity contribution in [3.05, 3.63) is 58.9 Å². The second-order valence-corrected chi connectivity index (χ2v) is 8.96. The molecule has 0 unspecified atom stereocenters. The van der Waals surface area contributed by atoms with Gasteiger partial charge in [-0.2, -0.15) is 0 Å². The number of unbranched alkanes of at least 4 members (excludes halogenated alkanes) is 1. The number of ketones is 1. The Kier molecular flexibility index (Phi) is 7.83. The minimum Gasteiger partial charge on any atom is -0.488 e. The van der Waals surface area contributed by atoms with Gasteiger partial charge < -0.3 is 19.8 Å². The average molecular weight is 471 g/mol. The first-order valence-electron chi connectivity index (χ1n) is 12.2. The smallest absolute Gasteiger partial charge is 0.197 e. The highest BCUT2D eigenvalue weighted by molar-refractivity contribution is 6.17. The molecule has 0 amide bonds. The number of benzene rings is 2. The Hall–Kier alpha value is -2.93. The minimum absolute atomic E-state index is 0.0847. The molecule has 4 rings (SSSR count). The van der Waals surface area contributed by atoms with E-state index in [1.54, 1.807) is 18.2 Å². The summed E-state index contributed by atoms with van der Waals surface area (Å²) in [7, 11) is 0. The largest absolute Gasteiger partial charge is 0.488 e. The number of hydrogen-bond acceptors (Lipinski definition) is 5. The molecule has 0 radical (unpaired) electrons. The van der Waals surface area contributed by atoms with Crippen LogP contribution in [0.1, 0.15) is 67.1 Å². The first-order valence-corrected chi connectivity index (χ1v) is 12.2. The summed E-state index contributed by atoms with van der Waals surface area (Å²) in [5.74, 6) is -2.20. The normalized spacial score (nSPS) is 14.6. The molecule has 5 nitrogen and oxygen atoms in total. The Balaban J connectivity index is 1.52. The lowest BCUT2D eigenvalue weighted by Gasteiger charge is -2.26. The molecule has 0 bridgehead atoms. The van der Waals surface area contributed by atoms with Crippen LogP contribution in [0.25, 0.3) is 11.0 Å². The van der Waals surface area contributed by atoms with Crippen LogP contribution in [0.4, 0.5) is 14.5 Å². The van der Waals surface area contributed by atoms with Crippen molar-refractivity contribution in [1.29, 1.82) is 0 Å². The third kappa shape index (κ3) is 5.41. The molecule has 182 valence electrons. The van der Waals surface area contributed by atoms with Gasteiger partial charge in [0.1, 0.15) is 11.3 Å². The summed E-state index contributed by atoms with van der Waals surface area (Å²) in [6.07, 6.45) is 6.62. The van der Waals surface area contributed by atoms with Crippen LogP contribution in [0.15, 0.2) is 34.7 Å². The summed E-state index contributed by atoms with van der Waals surface area (Å²) in [5, 5.41) is 0.551. The second kappa shape index (κ2) is 11.0.